The van der Waals surface area contributed by atoms with Gasteiger partial charge < -0.3 is 0 Å². The first-order chi connectivity index (χ1) is 9.81. The summed E-state index contributed by atoms with van der Waals surface area (Å²) in [6.07, 6.45) is 4.04. The van der Waals surface area contributed by atoms with Gasteiger partial charge in [0.25, 0.3) is 0 Å². The quantitative estimate of drug-likeness (QED) is 0.581. The normalized spacial score (nSPS) is 10.4. The summed E-state index contributed by atoms with van der Waals surface area (Å²) >= 11 is 1.41. The average molecular weight is 289 g/mol. The number of anilines is 1. The summed E-state index contributed by atoms with van der Waals surface area (Å²) in [5.74, 6) is 5.29. The fourth-order valence-corrected chi connectivity index (χ4v) is 2.43. The van der Waals surface area contributed by atoms with Gasteiger partial charge in [0.1, 0.15) is 5.01 Å². The van der Waals surface area contributed by atoms with Crippen LogP contribution in [-0.2, 0) is 13.1 Å². The summed E-state index contributed by atoms with van der Waals surface area (Å²) in [6, 6.07) is 6.08. The standard InChI is InChI=1S/C12H15N7S/c13-4-2-6-19(8-10-3-1-5-15-7-10)9-11-17-18-12(16-14)20-11/h1,3,5,7H,2,6,8-9,14H2,(H,16,18). The lowest BCUT2D eigenvalue weighted by molar-refractivity contribution is 0.261. The maximum atomic E-state index is 8.75. The van der Waals surface area contributed by atoms with E-state index in [1.807, 2.05) is 18.3 Å². The van der Waals surface area contributed by atoms with Crippen molar-refractivity contribution < 1.29 is 0 Å². The molecule has 2 rings (SSSR count). The number of hydrogen-bond acceptors (Lipinski definition) is 8. The van der Waals surface area contributed by atoms with E-state index in [2.05, 4.69) is 31.6 Å². The van der Waals surface area contributed by atoms with Crippen molar-refractivity contribution >= 4 is 16.5 Å². The molecule has 0 unspecified atom stereocenters. The van der Waals surface area contributed by atoms with Gasteiger partial charge in [0.2, 0.25) is 5.13 Å². The molecule has 7 nitrogen and oxygen atoms in total. The zero-order valence-corrected chi connectivity index (χ0v) is 11.7. The van der Waals surface area contributed by atoms with Gasteiger partial charge in [0.05, 0.1) is 12.6 Å². The van der Waals surface area contributed by atoms with Crippen molar-refractivity contribution in [2.45, 2.75) is 19.5 Å². The van der Waals surface area contributed by atoms with E-state index in [4.69, 9.17) is 11.1 Å². The molecule has 104 valence electrons. The molecule has 20 heavy (non-hydrogen) atoms. The zero-order valence-electron chi connectivity index (χ0n) is 10.9. The van der Waals surface area contributed by atoms with E-state index in [1.54, 1.807) is 6.20 Å². The maximum Gasteiger partial charge on any atom is 0.219 e. The van der Waals surface area contributed by atoms with E-state index < -0.39 is 0 Å². The summed E-state index contributed by atoms with van der Waals surface area (Å²) < 4.78 is 0. The molecule has 2 heterocycles. The average Bonchev–Trinajstić information content (AvgIpc) is 2.93. The smallest absolute Gasteiger partial charge is 0.219 e. The SMILES string of the molecule is N#CCCN(Cc1cccnc1)Cc1nnc(NN)s1. The van der Waals surface area contributed by atoms with Gasteiger partial charge in [0.15, 0.2) is 0 Å². The molecule has 0 bridgehead atoms. The Bertz CT molecular complexity index is 563. The molecular formula is C12H15N7S. The topological polar surface area (TPSA) is 104 Å². The predicted molar refractivity (Wildman–Crippen MR) is 76.3 cm³/mol. The van der Waals surface area contributed by atoms with Crippen molar-refractivity contribution in [1.82, 2.24) is 20.1 Å². The number of hydrazine groups is 1. The van der Waals surface area contributed by atoms with E-state index in [0.29, 0.717) is 24.6 Å². The lowest BCUT2D eigenvalue weighted by Gasteiger charge is -2.19. The van der Waals surface area contributed by atoms with Crippen LogP contribution >= 0.6 is 11.3 Å². The Labute approximate surface area is 121 Å². The third-order valence-electron chi connectivity index (χ3n) is 2.62. The Hall–Kier alpha value is -2.08. The molecule has 2 aromatic heterocycles. The minimum absolute atomic E-state index is 0.473. The van der Waals surface area contributed by atoms with Crippen LogP contribution in [0.2, 0.25) is 0 Å². The van der Waals surface area contributed by atoms with E-state index >= 15 is 0 Å². The molecule has 3 N–H and O–H groups in total. The van der Waals surface area contributed by atoms with Crippen LogP contribution in [0.25, 0.3) is 0 Å². The number of nitrogens with two attached hydrogens (primary N) is 1. The monoisotopic (exact) mass is 289 g/mol. The molecule has 0 fully saturated rings. The van der Waals surface area contributed by atoms with Crippen molar-refractivity contribution in [2.24, 2.45) is 5.84 Å². The van der Waals surface area contributed by atoms with Gasteiger partial charge in [-0.2, -0.15) is 5.26 Å². The molecule has 0 atom stereocenters. The van der Waals surface area contributed by atoms with Gasteiger partial charge in [-0.3, -0.25) is 15.3 Å². The van der Waals surface area contributed by atoms with Crippen LogP contribution < -0.4 is 11.3 Å². The molecule has 0 aliphatic heterocycles. The van der Waals surface area contributed by atoms with E-state index in [1.165, 1.54) is 11.3 Å². The minimum atomic E-state index is 0.473. The van der Waals surface area contributed by atoms with Crippen molar-refractivity contribution in [1.29, 1.82) is 5.26 Å². The lowest BCUT2D eigenvalue weighted by Crippen LogP contribution is -2.23. The van der Waals surface area contributed by atoms with Crippen molar-refractivity contribution in [2.75, 3.05) is 12.0 Å². The van der Waals surface area contributed by atoms with Crippen molar-refractivity contribution in [3.63, 3.8) is 0 Å². The highest BCUT2D eigenvalue weighted by molar-refractivity contribution is 7.15. The lowest BCUT2D eigenvalue weighted by atomic mass is 10.2. The van der Waals surface area contributed by atoms with Gasteiger partial charge in [-0.15, -0.1) is 10.2 Å². The fraction of sp³-hybridized carbons (Fsp3) is 0.333. The summed E-state index contributed by atoms with van der Waals surface area (Å²) in [5, 5.41) is 18.2. The first-order valence-corrected chi connectivity index (χ1v) is 6.90. The molecule has 8 heteroatoms. The summed E-state index contributed by atoms with van der Waals surface area (Å²) in [5.41, 5.74) is 3.58. The van der Waals surface area contributed by atoms with E-state index in [9.17, 15) is 0 Å². The Morgan fingerprint density at radius 2 is 2.30 bits per heavy atom. The molecule has 2 aromatic rings. The van der Waals surface area contributed by atoms with Gasteiger partial charge >= 0.3 is 0 Å². The maximum absolute atomic E-state index is 8.75. The first-order valence-electron chi connectivity index (χ1n) is 6.09. The highest BCUT2D eigenvalue weighted by Crippen LogP contribution is 2.17. The van der Waals surface area contributed by atoms with Crippen LogP contribution in [0.15, 0.2) is 24.5 Å². The molecule has 0 aliphatic carbocycles. The molecule has 0 aliphatic rings. The number of nitrogens with zero attached hydrogens (tertiary/aromatic N) is 5. The third-order valence-corrected chi connectivity index (χ3v) is 3.46. The number of rotatable bonds is 7. The number of nitriles is 1. The molecule has 0 spiro atoms. The number of hydrogen-bond donors (Lipinski definition) is 2. The van der Waals surface area contributed by atoms with Crippen LogP contribution in [-0.4, -0.2) is 26.6 Å². The summed E-state index contributed by atoms with van der Waals surface area (Å²) in [4.78, 5) is 6.24. The fourth-order valence-electron chi connectivity index (χ4n) is 1.74. The van der Waals surface area contributed by atoms with Gasteiger partial charge in [0, 0.05) is 31.9 Å². The number of pyridine rings is 1. The van der Waals surface area contributed by atoms with E-state index in [-0.39, 0.29) is 0 Å². The molecule has 0 saturated heterocycles. The first kappa shape index (κ1) is 14.3. The molecule has 0 amide bonds. The molecule has 0 aromatic carbocycles. The largest absolute Gasteiger partial charge is 0.298 e. The van der Waals surface area contributed by atoms with Crippen molar-refractivity contribution in [3.05, 3.63) is 35.1 Å². The second-order valence-corrected chi connectivity index (χ2v) is 5.19. The van der Waals surface area contributed by atoms with Crippen LogP contribution in [0.4, 0.5) is 5.13 Å². The Morgan fingerprint density at radius 1 is 1.40 bits per heavy atom. The number of aromatic nitrogens is 3. The predicted octanol–water partition coefficient (Wildman–Crippen LogP) is 1.13. The number of nitrogen functional groups attached to an aromatic ring is 1. The minimum Gasteiger partial charge on any atom is -0.298 e. The second-order valence-electron chi connectivity index (χ2n) is 4.13. The van der Waals surface area contributed by atoms with Crippen LogP contribution in [0, 0.1) is 11.3 Å². The van der Waals surface area contributed by atoms with Gasteiger partial charge in [-0.05, 0) is 11.6 Å². The second kappa shape index (κ2) is 7.49. The van der Waals surface area contributed by atoms with Crippen LogP contribution in [0.5, 0.6) is 0 Å². The highest BCUT2D eigenvalue weighted by Gasteiger charge is 2.11. The molecular weight excluding hydrogens is 274 g/mol. The Kier molecular flexibility index (Phi) is 5.37. The third kappa shape index (κ3) is 4.24. The van der Waals surface area contributed by atoms with Crippen LogP contribution in [0.1, 0.15) is 17.0 Å². The van der Waals surface area contributed by atoms with Crippen molar-refractivity contribution in [3.8, 4) is 6.07 Å². The summed E-state index contributed by atoms with van der Waals surface area (Å²) in [7, 11) is 0. The number of nitrogens with one attached hydrogen (secondary N) is 1. The zero-order chi connectivity index (χ0) is 14.2. The van der Waals surface area contributed by atoms with Gasteiger partial charge in [-0.25, -0.2) is 5.84 Å². The Balaban J connectivity index is 2.01. The summed E-state index contributed by atoms with van der Waals surface area (Å²) in [6.45, 7) is 2.03. The molecule has 0 saturated carbocycles. The highest BCUT2D eigenvalue weighted by atomic mass is 32.1. The Morgan fingerprint density at radius 3 is 2.95 bits per heavy atom. The van der Waals surface area contributed by atoms with E-state index in [0.717, 1.165) is 17.1 Å². The molecule has 0 radical (unpaired) electrons. The van der Waals surface area contributed by atoms with Crippen LogP contribution in [0.3, 0.4) is 0 Å². The van der Waals surface area contributed by atoms with Gasteiger partial charge in [-0.1, -0.05) is 17.4 Å².